The summed E-state index contributed by atoms with van der Waals surface area (Å²) in [6, 6.07) is 0. The molecule has 0 aromatic rings. The first kappa shape index (κ1) is 54.8. The van der Waals surface area contributed by atoms with E-state index in [0.29, 0.717) is 17.4 Å². The number of hydrogen-bond acceptors (Lipinski definition) is 6. The number of hydrogen-bond donors (Lipinski definition) is 1. The summed E-state index contributed by atoms with van der Waals surface area (Å²) in [6.07, 6.45) is 53.2. The van der Waals surface area contributed by atoms with E-state index in [9.17, 15) is 14.3 Å². The molecule has 0 amide bonds. The predicted molar refractivity (Wildman–Crippen MR) is 242 cm³/mol. The summed E-state index contributed by atoms with van der Waals surface area (Å²) in [5, 5.41) is 0. The van der Waals surface area contributed by atoms with Crippen LogP contribution in [0.3, 0.4) is 0 Å². The van der Waals surface area contributed by atoms with Gasteiger partial charge in [0.05, 0.1) is 34.0 Å². The van der Waals surface area contributed by atoms with Gasteiger partial charge in [0.1, 0.15) is 19.8 Å². The van der Waals surface area contributed by atoms with Crippen LogP contribution in [0.25, 0.3) is 0 Å². The molecule has 0 spiro atoms. The Labute approximate surface area is 351 Å². The Balaban J connectivity index is 4.35. The number of rotatable bonds is 41. The van der Waals surface area contributed by atoms with Crippen molar-refractivity contribution in [1.82, 2.24) is 0 Å². The second-order valence-electron chi connectivity index (χ2n) is 16.1. The Bertz CT molecular complexity index is 1140. The van der Waals surface area contributed by atoms with Gasteiger partial charge in [-0.1, -0.05) is 139 Å². The first-order valence-corrected chi connectivity index (χ1v) is 24.2. The lowest BCUT2D eigenvalue weighted by Gasteiger charge is -2.24. The minimum Gasteiger partial charge on any atom is -0.492 e. The van der Waals surface area contributed by atoms with Gasteiger partial charge < -0.3 is 18.9 Å². The van der Waals surface area contributed by atoms with Crippen molar-refractivity contribution >= 4 is 13.8 Å². The number of carbonyl (C=O) groups is 1. The third-order valence-corrected chi connectivity index (χ3v) is 10.3. The minimum absolute atomic E-state index is 0.0711. The van der Waals surface area contributed by atoms with Gasteiger partial charge in [-0.25, -0.2) is 4.57 Å². The summed E-state index contributed by atoms with van der Waals surface area (Å²) in [5.74, 6) is -0.310. The van der Waals surface area contributed by atoms with Crippen molar-refractivity contribution in [3.8, 4) is 0 Å². The molecule has 0 aliphatic carbocycles. The monoisotopic (exact) mass is 821 g/mol. The molecule has 0 aliphatic heterocycles. The highest BCUT2D eigenvalue weighted by Gasteiger charge is 2.25. The lowest BCUT2D eigenvalue weighted by atomic mass is 10.1. The summed E-state index contributed by atoms with van der Waals surface area (Å²) in [4.78, 5) is 22.7. The molecule has 0 fully saturated rings. The quantitative estimate of drug-likeness (QED) is 0.0164. The zero-order chi connectivity index (χ0) is 42.0. The van der Waals surface area contributed by atoms with E-state index >= 15 is 0 Å². The molecule has 330 valence electrons. The van der Waals surface area contributed by atoms with E-state index in [0.717, 1.165) is 57.8 Å². The smallest absolute Gasteiger partial charge is 0.472 e. The van der Waals surface area contributed by atoms with Crippen molar-refractivity contribution in [2.24, 2.45) is 0 Å². The van der Waals surface area contributed by atoms with Gasteiger partial charge in [-0.3, -0.25) is 13.8 Å². The lowest BCUT2D eigenvalue weighted by molar-refractivity contribution is -0.870. The Hall–Kier alpha value is -2.22. The molecular formula is C48H87NO7P+. The van der Waals surface area contributed by atoms with Crippen molar-refractivity contribution < 1.29 is 37.3 Å². The van der Waals surface area contributed by atoms with Crippen LogP contribution in [-0.4, -0.2) is 69.0 Å². The van der Waals surface area contributed by atoms with Gasteiger partial charge >= 0.3 is 13.8 Å². The zero-order valence-electron chi connectivity index (χ0n) is 37.3. The fraction of sp³-hybridized carbons (Fsp3) is 0.729. The van der Waals surface area contributed by atoms with Gasteiger partial charge in [0, 0.05) is 6.42 Å². The van der Waals surface area contributed by atoms with E-state index in [4.69, 9.17) is 18.5 Å². The van der Waals surface area contributed by atoms with Gasteiger partial charge in [-0.05, 0) is 96.0 Å². The van der Waals surface area contributed by atoms with Crippen LogP contribution in [0.2, 0.25) is 0 Å². The maximum absolute atomic E-state index is 12.5. The average Bonchev–Trinajstić information content (AvgIpc) is 3.17. The number of carbonyl (C=O) groups excluding carboxylic acids is 1. The second kappa shape index (κ2) is 40.6. The highest BCUT2D eigenvalue weighted by molar-refractivity contribution is 7.47. The van der Waals surface area contributed by atoms with E-state index in [2.05, 4.69) is 74.6 Å². The molecule has 0 aliphatic rings. The summed E-state index contributed by atoms with van der Waals surface area (Å²) in [6.45, 7) is 4.81. The number of esters is 1. The molecule has 57 heavy (non-hydrogen) atoms. The molecule has 0 saturated carbocycles. The van der Waals surface area contributed by atoms with Gasteiger partial charge in [0.15, 0.2) is 6.10 Å². The van der Waals surface area contributed by atoms with E-state index in [-0.39, 0.29) is 25.8 Å². The predicted octanol–water partition coefficient (Wildman–Crippen LogP) is 13.8. The Kier molecular flexibility index (Phi) is 39.0. The summed E-state index contributed by atoms with van der Waals surface area (Å²) in [7, 11) is 1.64. The van der Waals surface area contributed by atoms with Crippen LogP contribution in [-0.2, 0) is 27.9 Å². The van der Waals surface area contributed by atoms with Gasteiger partial charge in [-0.15, -0.1) is 0 Å². The van der Waals surface area contributed by atoms with Crippen LogP contribution in [0.1, 0.15) is 174 Å². The number of quaternary nitrogens is 1. The van der Waals surface area contributed by atoms with Gasteiger partial charge in [0.2, 0.25) is 0 Å². The lowest BCUT2D eigenvalue weighted by Crippen LogP contribution is -2.37. The number of phosphoric ester groups is 1. The zero-order valence-corrected chi connectivity index (χ0v) is 38.2. The Morgan fingerprint density at radius 2 is 0.982 bits per heavy atom. The van der Waals surface area contributed by atoms with Crippen molar-refractivity contribution in [1.29, 1.82) is 0 Å². The molecule has 0 aromatic carbocycles. The van der Waals surface area contributed by atoms with E-state index in [1.54, 1.807) is 6.26 Å². The fourth-order valence-corrected chi connectivity index (χ4v) is 6.43. The molecule has 0 rings (SSSR count). The SMILES string of the molecule is CCCCC/C=C\C/C=C\C/C=C\C/C=C\CCCCCC(=O)OCC(COP(=O)(O)OCC[N+](C)(C)C)O/C=C\CCCCCCCC/C=C\CCCCCC. The van der Waals surface area contributed by atoms with Crippen LogP contribution in [0.5, 0.6) is 0 Å². The molecule has 8 nitrogen and oxygen atoms in total. The van der Waals surface area contributed by atoms with Crippen molar-refractivity contribution in [2.45, 2.75) is 180 Å². The summed E-state index contributed by atoms with van der Waals surface area (Å²) < 4.78 is 34.8. The Morgan fingerprint density at radius 1 is 0.561 bits per heavy atom. The van der Waals surface area contributed by atoms with E-state index in [1.807, 2.05) is 27.2 Å². The molecule has 0 bridgehead atoms. The molecule has 0 heterocycles. The summed E-state index contributed by atoms with van der Waals surface area (Å²) in [5.41, 5.74) is 0. The number of unbranched alkanes of at least 4 members (excludes halogenated alkanes) is 17. The maximum Gasteiger partial charge on any atom is 0.472 e. The van der Waals surface area contributed by atoms with Crippen LogP contribution in [0.4, 0.5) is 0 Å². The molecule has 2 unspecified atom stereocenters. The topological polar surface area (TPSA) is 91.3 Å². The van der Waals surface area contributed by atoms with E-state index in [1.165, 1.54) is 96.3 Å². The van der Waals surface area contributed by atoms with Gasteiger partial charge in [-0.2, -0.15) is 0 Å². The number of ether oxygens (including phenoxy) is 2. The largest absolute Gasteiger partial charge is 0.492 e. The van der Waals surface area contributed by atoms with Crippen molar-refractivity contribution in [2.75, 3.05) is 47.5 Å². The van der Waals surface area contributed by atoms with Crippen LogP contribution < -0.4 is 0 Å². The number of allylic oxidation sites excluding steroid dienone is 11. The molecular weight excluding hydrogens is 734 g/mol. The fourth-order valence-electron chi connectivity index (χ4n) is 5.69. The second-order valence-corrected chi connectivity index (χ2v) is 17.6. The highest BCUT2D eigenvalue weighted by atomic mass is 31.2. The first-order chi connectivity index (χ1) is 27.6. The van der Waals surface area contributed by atoms with Crippen molar-refractivity contribution in [3.05, 3.63) is 73.1 Å². The molecule has 2 atom stereocenters. The minimum atomic E-state index is -4.28. The van der Waals surface area contributed by atoms with Crippen molar-refractivity contribution in [3.63, 3.8) is 0 Å². The molecule has 0 saturated heterocycles. The molecule has 1 N–H and O–H groups in total. The molecule has 9 heteroatoms. The molecule has 0 radical (unpaired) electrons. The van der Waals surface area contributed by atoms with E-state index < -0.39 is 13.9 Å². The first-order valence-electron chi connectivity index (χ1n) is 22.7. The molecule has 0 aromatic heterocycles. The average molecular weight is 821 g/mol. The number of phosphoric acid groups is 1. The number of nitrogens with zero attached hydrogens (tertiary/aromatic N) is 1. The number of likely N-dealkylation sites (N-methyl/N-ethyl adjacent to an activating group) is 1. The van der Waals surface area contributed by atoms with Crippen LogP contribution in [0, 0.1) is 0 Å². The third kappa shape index (κ3) is 44.7. The summed E-state index contributed by atoms with van der Waals surface area (Å²) >= 11 is 0. The standard InChI is InChI=1S/C48H86NO7P/c1-6-8-10-12-14-16-18-20-22-24-25-26-27-29-31-33-35-37-39-41-48(50)54-45-47(46-56-57(51,52)55-44-42-49(3,4)5)53-43-40-38-36-34-32-30-28-23-21-19-17-15-13-11-9-7-2/h14,16-17,19-20,22,25-26,29,31,40,43,47H,6-13,15,18,21,23-24,27-28,30,32-39,41-42,44-46H2,1-5H3/p+1/b16-14-,19-17-,22-20-,26-25-,31-29-,43-40-. The normalized spacial score (nSPS) is 14.4. The van der Waals surface area contributed by atoms with Crippen LogP contribution in [0.15, 0.2) is 73.1 Å². The highest BCUT2D eigenvalue weighted by Crippen LogP contribution is 2.43. The Morgan fingerprint density at radius 3 is 1.51 bits per heavy atom. The maximum atomic E-state index is 12.5. The van der Waals surface area contributed by atoms with Crippen LogP contribution >= 0.6 is 7.82 Å². The van der Waals surface area contributed by atoms with Gasteiger partial charge in [0.25, 0.3) is 0 Å². The third-order valence-electron chi connectivity index (χ3n) is 9.33.